The molecular weight excluding hydrogens is 379 g/mol. The van der Waals surface area contributed by atoms with Crippen molar-refractivity contribution in [3.63, 3.8) is 0 Å². The van der Waals surface area contributed by atoms with E-state index >= 15 is 0 Å². The monoisotopic (exact) mass is 400 g/mol. The first kappa shape index (κ1) is 18.6. The second kappa shape index (κ2) is 7.67. The Hall–Kier alpha value is -2.80. The second-order valence-electron chi connectivity index (χ2n) is 6.56. The molecule has 0 radical (unpaired) electrons. The molecule has 0 N–H and O–H groups in total. The quantitative estimate of drug-likeness (QED) is 0.663. The van der Waals surface area contributed by atoms with E-state index in [1.54, 1.807) is 13.2 Å². The largest absolute Gasteiger partial charge is 0.497 e. The second-order valence-corrected chi connectivity index (χ2v) is 7.61. The maximum absolute atomic E-state index is 14.2. The summed E-state index contributed by atoms with van der Waals surface area (Å²) >= 11 is 1.28. The Bertz CT molecular complexity index is 1010. The van der Waals surface area contributed by atoms with Gasteiger partial charge in [-0.05, 0) is 24.3 Å². The number of hydrogen-bond donors (Lipinski definition) is 0. The van der Waals surface area contributed by atoms with E-state index in [-0.39, 0.29) is 11.7 Å². The fourth-order valence-corrected chi connectivity index (χ4v) is 4.69. The third kappa shape index (κ3) is 3.26. The van der Waals surface area contributed by atoms with Crippen LogP contribution in [0, 0.1) is 5.82 Å². The van der Waals surface area contributed by atoms with Crippen molar-refractivity contribution in [1.29, 1.82) is 0 Å². The van der Waals surface area contributed by atoms with Crippen molar-refractivity contribution in [3.05, 3.63) is 53.2 Å². The number of nitrogens with zero attached hydrogens (tertiary/aromatic N) is 2. The zero-order valence-corrected chi connectivity index (χ0v) is 16.6. The molecule has 7 heteroatoms. The minimum Gasteiger partial charge on any atom is -0.497 e. The Kier molecular flexibility index (Phi) is 5.09. The van der Waals surface area contributed by atoms with E-state index < -0.39 is 0 Å². The smallest absolute Gasteiger partial charge is 0.267 e. The minimum absolute atomic E-state index is 0.109. The molecule has 1 aliphatic rings. The Labute approximate surface area is 166 Å². The number of hydrogen-bond acceptors (Lipinski definition) is 5. The number of fused-ring (bicyclic) bond motifs is 1. The molecular formula is C21H21FN2O3S. The first-order valence-electron chi connectivity index (χ1n) is 9.05. The zero-order valence-electron chi connectivity index (χ0n) is 15.8. The number of benzene rings is 2. The summed E-state index contributed by atoms with van der Waals surface area (Å²) in [5, 5.41) is 0.383. The third-order valence-corrected chi connectivity index (χ3v) is 6.13. The number of ether oxygens (including phenoxy) is 2. The SMILES string of the molecule is COc1cccc(N2CCN(C(=O)c3sc4cccc(F)c4c3OC)CC2)c1. The van der Waals surface area contributed by atoms with Crippen molar-refractivity contribution in [1.82, 2.24) is 4.90 Å². The number of carbonyl (C=O) groups excluding carboxylic acids is 1. The van der Waals surface area contributed by atoms with E-state index in [1.165, 1.54) is 24.5 Å². The average Bonchev–Trinajstić information content (AvgIpc) is 3.13. The summed E-state index contributed by atoms with van der Waals surface area (Å²) in [5.74, 6) is 0.668. The van der Waals surface area contributed by atoms with Crippen LogP contribution in [0.2, 0.25) is 0 Å². The fourth-order valence-electron chi connectivity index (χ4n) is 3.53. The molecule has 1 aromatic heterocycles. The molecule has 2 heterocycles. The van der Waals surface area contributed by atoms with E-state index in [4.69, 9.17) is 9.47 Å². The van der Waals surface area contributed by atoms with Gasteiger partial charge in [-0.3, -0.25) is 4.79 Å². The molecule has 2 aromatic carbocycles. The van der Waals surface area contributed by atoms with Gasteiger partial charge in [-0.15, -0.1) is 11.3 Å². The van der Waals surface area contributed by atoms with Gasteiger partial charge >= 0.3 is 0 Å². The highest BCUT2D eigenvalue weighted by Gasteiger charge is 2.28. The molecule has 1 amide bonds. The van der Waals surface area contributed by atoms with Crippen LogP contribution in [-0.2, 0) is 0 Å². The number of amides is 1. The fraction of sp³-hybridized carbons (Fsp3) is 0.286. The van der Waals surface area contributed by atoms with E-state index in [1.807, 2.05) is 35.2 Å². The van der Waals surface area contributed by atoms with Crippen LogP contribution in [-0.4, -0.2) is 51.2 Å². The first-order chi connectivity index (χ1) is 13.6. The van der Waals surface area contributed by atoms with Crippen LogP contribution in [0.5, 0.6) is 11.5 Å². The van der Waals surface area contributed by atoms with Crippen LogP contribution >= 0.6 is 11.3 Å². The predicted octanol–water partition coefficient (Wildman–Crippen LogP) is 4.02. The van der Waals surface area contributed by atoms with Gasteiger partial charge in [0.25, 0.3) is 5.91 Å². The lowest BCUT2D eigenvalue weighted by Gasteiger charge is -2.36. The van der Waals surface area contributed by atoms with Crippen molar-refractivity contribution in [2.75, 3.05) is 45.3 Å². The first-order valence-corrected chi connectivity index (χ1v) is 9.87. The van der Waals surface area contributed by atoms with Crippen LogP contribution in [0.1, 0.15) is 9.67 Å². The normalized spacial score (nSPS) is 14.4. The van der Waals surface area contributed by atoms with Gasteiger partial charge in [0, 0.05) is 42.6 Å². The van der Waals surface area contributed by atoms with Crippen LogP contribution in [0.25, 0.3) is 10.1 Å². The standard InChI is InChI=1S/C21H21FN2O3S/c1-26-15-6-3-5-14(13-15)23-9-11-24(12-10-23)21(25)20-19(27-2)18-16(22)7-4-8-17(18)28-20/h3-8,13H,9-12H2,1-2H3. The van der Waals surface area contributed by atoms with Gasteiger partial charge < -0.3 is 19.3 Å². The molecule has 0 aliphatic carbocycles. The Balaban J connectivity index is 1.53. The summed E-state index contributed by atoms with van der Waals surface area (Å²) in [6.07, 6.45) is 0. The molecule has 5 nitrogen and oxygen atoms in total. The Morgan fingerprint density at radius 2 is 1.79 bits per heavy atom. The van der Waals surface area contributed by atoms with Gasteiger partial charge in [0.05, 0.1) is 19.6 Å². The van der Waals surface area contributed by atoms with Gasteiger partial charge in [-0.1, -0.05) is 12.1 Å². The molecule has 3 aromatic rings. The summed E-state index contributed by atoms with van der Waals surface area (Å²) in [6.45, 7) is 2.63. The molecule has 0 bridgehead atoms. The maximum Gasteiger partial charge on any atom is 0.267 e. The van der Waals surface area contributed by atoms with Crippen LogP contribution in [0.15, 0.2) is 42.5 Å². The summed E-state index contributed by atoms with van der Waals surface area (Å²) in [5.41, 5.74) is 1.08. The molecule has 0 spiro atoms. The maximum atomic E-state index is 14.2. The molecule has 4 rings (SSSR count). The van der Waals surface area contributed by atoms with Gasteiger partial charge in [0.1, 0.15) is 16.4 Å². The lowest BCUT2D eigenvalue weighted by molar-refractivity contribution is 0.0749. The van der Waals surface area contributed by atoms with E-state index in [0.717, 1.165) is 29.2 Å². The summed E-state index contributed by atoms with van der Waals surface area (Å²) < 4.78 is 25.7. The van der Waals surface area contributed by atoms with Crippen molar-refractivity contribution in [2.24, 2.45) is 0 Å². The summed E-state index contributed by atoms with van der Waals surface area (Å²) in [6, 6.07) is 12.8. The molecule has 1 aliphatic heterocycles. The predicted molar refractivity (Wildman–Crippen MR) is 109 cm³/mol. The summed E-state index contributed by atoms with van der Waals surface area (Å²) in [7, 11) is 3.13. The number of methoxy groups -OCH3 is 2. The van der Waals surface area contributed by atoms with E-state index in [9.17, 15) is 9.18 Å². The number of thiophene rings is 1. The molecule has 0 saturated carbocycles. The topological polar surface area (TPSA) is 42.0 Å². The lowest BCUT2D eigenvalue weighted by atomic mass is 10.2. The molecule has 0 unspecified atom stereocenters. The highest BCUT2D eigenvalue weighted by atomic mass is 32.1. The lowest BCUT2D eigenvalue weighted by Crippen LogP contribution is -2.48. The van der Waals surface area contributed by atoms with Crippen molar-refractivity contribution < 1.29 is 18.7 Å². The van der Waals surface area contributed by atoms with Gasteiger partial charge in [0.2, 0.25) is 0 Å². The number of rotatable bonds is 4. The number of piperazine rings is 1. The van der Waals surface area contributed by atoms with Crippen LogP contribution in [0.3, 0.4) is 0 Å². The van der Waals surface area contributed by atoms with Gasteiger partial charge in [0.15, 0.2) is 5.75 Å². The minimum atomic E-state index is -0.368. The van der Waals surface area contributed by atoms with Crippen molar-refractivity contribution >= 4 is 33.0 Å². The van der Waals surface area contributed by atoms with Crippen LogP contribution < -0.4 is 14.4 Å². The summed E-state index contributed by atoms with van der Waals surface area (Å²) in [4.78, 5) is 17.6. The van der Waals surface area contributed by atoms with Gasteiger partial charge in [-0.2, -0.15) is 0 Å². The Morgan fingerprint density at radius 3 is 2.50 bits per heavy atom. The van der Waals surface area contributed by atoms with Gasteiger partial charge in [-0.25, -0.2) is 4.39 Å². The Morgan fingerprint density at radius 1 is 1.04 bits per heavy atom. The average molecular weight is 400 g/mol. The number of anilines is 1. The number of carbonyl (C=O) groups is 1. The molecule has 1 saturated heterocycles. The molecule has 1 fully saturated rings. The number of halogens is 1. The van der Waals surface area contributed by atoms with Crippen molar-refractivity contribution in [2.45, 2.75) is 0 Å². The molecule has 146 valence electrons. The van der Waals surface area contributed by atoms with Crippen LogP contribution in [0.4, 0.5) is 10.1 Å². The van der Waals surface area contributed by atoms with E-state index in [2.05, 4.69) is 4.90 Å². The third-order valence-electron chi connectivity index (χ3n) is 5.00. The van der Waals surface area contributed by atoms with E-state index in [0.29, 0.717) is 29.1 Å². The highest BCUT2D eigenvalue weighted by Crippen LogP contribution is 2.40. The molecule has 0 atom stereocenters. The zero-order chi connectivity index (χ0) is 19.7. The highest BCUT2D eigenvalue weighted by molar-refractivity contribution is 7.21. The molecule has 28 heavy (non-hydrogen) atoms. The van der Waals surface area contributed by atoms with Crippen molar-refractivity contribution in [3.8, 4) is 11.5 Å².